The molecule has 4 nitrogen and oxygen atoms in total. The number of benzene rings is 1. The first-order valence-corrected chi connectivity index (χ1v) is 7.36. The van der Waals surface area contributed by atoms with E-state index in [1.54, 1.807) is 13.2 Å². The minimum Gasteiger partial charge on any atom is -0.497 e. The molecule has 1 aliphatic carbocycles. The van der Waals surface area contributed by atoms with Gasteiger partial charge in [0.2, 0.25) is 0 Å². The van der Waals surface area contributed by atoms with E-state index in [2.05, 4.69) is 10.6 Å². The number of hydrogen-bond donors (Lipinski definition) is 2. The molecule has 4 heteroatoms. The number of nitrogens with one attached hydrogen (secondary N) is 2. The number of methoxy groups -OCH3 is 1. The Kier molecular flexibility index (Phi) is 3.66. The van der Waals surface area contributed by atoms with E-state index in [9.17, 15) is 4.79 Å². The van der Waals surface area contributed by atoms with Crippen LogP contribution in [0.25, 0.3) is 0 Å². The van der Waals surface area contributed by atoms with Gasteiger partial charge in [0.05, 0.1) is 7.11 Å². The Bertz CT molecular complexity index is 487. The molecule has 1 saturated heterocycles. The van der Waals surface area contributed by atoms with Gasteiger partial charge in [-0.2, -0.15) is 0 Å². The summed E-state index contributed by atoms with van der Waals surface area (Å²) in [6.45, 7) is 2.31. The summed E-state index contributed by atoms with van der Waals surface area (Å²) in [5, 5.41) is 6.52. The van der Waals surface area contributed by atoms with Crippen molar-refractivity contribution in [1.82, 2.24) is 10.6 Å². The first kappa shape index (κ1) is 13.4. The van der Waals surface area contributed by atoms with Crippen molar-refractivity contribution < 1.29 is 9.53 Å². The van der Waals surface area contributed by atoms with Crippen LogP contribution in [0.3, 0.4) is 0 Å². The molecule has 0 aromatic heterocycles. The summed E-state index contributed by atoms with van der Waals surface area (Å²) >= 11 is 0. The minimum atomic E-state index is 0.0107. The van der Waals surface area contributed by atoms with E-state index in [0.717, 1.165) is 31.7 Å². The lowest BCUT2D eigenvalue weighted by Crippen LogP contribution is -2.56. The number of hydrogen-bond acceptors (Lipinski definition) is 3. The summed E-state index contributed by atoms with van der Waals surface area (Å²) in [7, 11) is 1.62. The van der Waals surface area contributed by atoms with E-state index < -0.39 is 0 Å². The van der Waals surface area contributed by atoms with Gasteiger partial charge in [-0.15, -0.1) is 0 Å². The standard InChI is InChI=1S/C16H22N2O2/c1-20-14-4-2-3-12(9-14)15(19)18-13-5-7-16(8-6-13)10-17-11-16/h2-4,9,13,17H,5-8,10-11H2,1H3,(H,18,19). The third-order valence-electron chi connectivity index (χ3n) is 4.71. The SMILES string of the molecule is COc1cccc(C(=O)NC2CCC3(CC2)CNC3)c1. The predicted octanol–water partition coefficient (Wildman–Crippen LogP) is 1.96. The smallest absolute Gasteiger partial charge is 0.251 e. The highest BCUT2D eigenvalue weighted by Crippen LogP contribution is 2.39. The largest absolute Gasteiger partial charge is 0.497 e. The fourth-order valence-corrected chi connectivity index (χ4v) is 3.24. The molecule has 108 valence electrons. The highest BCUT2D eigenvalue weighted by Gasteiger charge is 2.40. The molecular weight excluding hydrogens is 252 g/mol. The van der Waals surface area contributed by atoms with Gasteiger partial charge in [-0.1, -0.05) is 6.07 Å². The highest BCUT2D eigenvalue weighted by atomic mass is 16.5. The van der Waals surface area contributed by atoms with Crippen molar-refractivity contribution in [2.45, 2.75) is 31.7 Å². The van der Waals surface area contributed by atoms with Crippen molar-refractivity contribution in [3.63, 3.8) is 0 Å². The topological polar surface area (TPSA) is 50.4 Å². The van der Waals surface area contributed by atoms with E-state index in [1.807, 2.05) is 18.2 Å². The molecule has 1 aromatic carbocycles. The number of carbonyl (C=O) groups is 1. The third kappa shape index (κ3) is 2.66. The lowest BCUT2D eigenvalue weighted by molar-refractivity contribution is 0.0780. The second-order valence-corrected chi connectivity index (χ2v) is 6.08. The van der Waals surface area contributed by atoms with Crippen LogP contribution in [-0.4, -0.2) is 32.1 Å². The summed E-state index contributed by atoms with van der Waals surface area (Å²) in [5.41, 5.74) is 1.21. The molecule has 0 atom stereocenters. The quantitative estimate of drug-likeness (QED) is 0.886. The fraction of sp³-hybridized carbons (Fsp3) is 0.562. The van der Waals surface area contributed by atoms with E-state index in [4.69, 9.17) is 4.74 Å². The average Bonchev–Trinajstić information content (AvgIpc) is 2.46. The molecule has 1 amide bonds. The number of amides is 1. The summed E-state index contributed by atoms with van der Waals surface area (Å²) in [4.78, 5) is 12.2. The van der Waals surface area contributed by atoms with Gasteiger partial charge in [0.1, 0.15) is 5.75 Å². The van der Waals surface area contributed by atoms with Crippen LogP contribution in [0.15, 0.2) is 24.3 Å². The van der Waals surface area contributed by atoms with Crippen molar-refractivity contribution in [2.75, 3.05) is 20.2 Å². The second-order valence-electron chi connectivity index (χ2n) is 6.08. The molecule has 20 heavy (non-hydrogen) atoms. The van der Waals surface area contributed by atoms with Crippen LogP contribution >= 0.6 is 0 Å². The molecule has 1 heterocycles. The molecule has 0 bridgehead atoms. The molecule has 0 radical (unpaired) electrons. The van der Waals surface area contributed by atoms with Crippen LogP contribution in [0, 0.1) is 5.41 Å². The molecule has 2 N–H and O–H groups in total. The number of carbonyl (C=O) groups excluding carboxylic acids is 1. The fourth-order valence-electron chi connectivity index (χ4n) is 3.24. The molecule has 1 spiro atoms. The van der Waals surface area contributed by atoms with Gasteiger partial charge in [-0.05, 0) is 49.3 Å². The van der Waals surface area contributed by atoms with E-state index >= 15 is 0 Å². The highest BCUT2D eigenvalue weighted by molar-refractivity contribution is 5.94. The Balaban J connectivity index is 1.56. The van der Waals surface area contributed by atoms with Gasteiger partial charge < -0.3 is 15.4 Å². The maximum absolute atomic E-state index is 12.2. The Morgan fingerprint density at radius 3 is 2.70 bits per heavy atom. The zero-order valence-corrected chi connectivity index (χ0v) is 11.9. The first-order chi connectivity index (χ1) is 9.71. The zero-order valence-electron chi connectivity index (χ0n) is 11.9. The van der Waals surface area contributed by atoms with Crippen LogP contribution in [0.4, 0.5) is 0 Å². The predicted molar refractivity (Wildman–Crippen MR) is 78.0 cm³/mol. The van der Waals surface area contributed by atoms with Crippen LogP contribution in [0.5, 0.6) is 5.75 Å². The molecule has 1 saturated carbocycles. The van der Waals surface area contributed by atoms with Crippen LogP contribution in [-0.2, 0) is 0 Å². The lowest BCUT2D eigenvalue weighted by atomic mass is 9.68. The van der Waals surface area contributed by atoms with E-state index in [-0.39, 0.29) is 5.91 Å². The van der Waals surface area contributed by atoms with Gasteiger partial charge in [0.25, 0.3) is 5.91 Å². The number of ether oxygens (including phenoxy) is 1. The summed E-state index contributed by atoms with van der Waals surface area (Å²) in [6.07, 6.45) is 4.64. The Hall–Kier alpha value is -1.55. The third-order valence-corrected chi connectivity index (χ3v) is 4.71. The summed E-state index contributed by atoms with van der Waals surface area (Å²) in [5.74, 6) is 0.734. The van der Waals surface area contributed by atoms with E-state index in [1.165, 1.54) is 12.8 Å². The van der Waals surface area contributed by atoms with Crippen LogP contribution in [0.1, 0.15) is 36.0 Å². The second kappa shape index (κ2) is 5.44. The maximum atomic E-state index is 12.2. The average molecular weight is 274 g/mol. The molecule has 3 rings (SSSR count). The summed E-state index contributed by atoms with van der Waals surface area (Å²) in [6, 6.07) is 7.64. The molecular formula is C16H22N2O2. The minimum absolute atomic E-state index is 0.0107. The molecule has 1 aliphatic heterocycles. The van der Waals surface area contributed by atoms with Crippen molar-refractivity contribution >= 4 is 5.91 Å². The van der Waals surface area contributed by atoms with Crippen LogP contribution in [0.2, 0.25) is 0 Å². The Morgan fingerprint density at radius 1 is 1.35 bits per heavy atom. The lowest BCUT2D eigenvalue weighted by Gasteiger charge is -2.47. The molecule has 0 unspecified atom stereocenters. The van der Waals surface area contributed by atoms with Crippen molar-refractivity contribution in [3.8, 4) is 5.75 Å². The van der Waals surface area contributed by atoms with Gasteiger partial charge in [-0.3, -0.25) is 4.79 Å². The normalized spacial score (nSPS) is 21.2. The molecule has 1 aromatic rings. The van der Waals surface area contributed by atoms with Crippen LogP contribution < -0.4 is 15.4 Å². The molecule has 2 fully saturated rings. The monoisotopic (exact) mass is 274 g/mol. The first-order valence-electron chi connectivity index (χ1n) is 7.36. The van der Waals surface area contributed by atoms with E-state index in [0.29, 0.717) is 17.0 Å². The van der Waals surface area contributed by atoms with Gasteiger partial charge in [0.15, 0.2) is 0 Å². The van der Waals surface area contributed by atoms with Crippen molar-refractivity contribution in [3.05, 3.63) is 29.8 Å². The Morgan fingerprint density at radius 2 is 2.10 bits per heavy atom. The zero-order chi connectivity index (χ0) is 14.0. The van der Waals surface area contributed by atoms with Crippen molar-refractivity contribution in [1.29, 1.82) is 0 Å². The molecule has 2 aliphatic rings. The van der Waals surface area contributed by atoms with Gasteiger partial charge in [-0.25, -0.2) is 0 Å². The summed E-state index contributed by atoms with van der Waals surface area (Å²) < 4.78 is 5.16. The number of rotatable bonds is 3. The van der Waals surface area contributed by atoms with Gasteiger partial charge in [0, 0.05) is 24.7 Å². The maximum Gasteiger partial charge on any atom is 0.251 e. The van der Waals surface area contributed by atoms with Gasteiger partial charge >= 0.3 is 0 Å². The Labute approximate surface area is 119 Å². The van der Waals surface area contributed by atoms with Crippen molar-refractivity contribution in [2.24, 2.45) is 5.41 Å².